The molecule has 2 aromatic rings. The van der Waals surface area contributed by atoms with Gasteiger partial charge in [0.2, 0.25) is 0 Å². The summed E-state index contributed by atoms with van der Waals surface area (Å²) >= 11 is 0. The van der Waals surface area contributed by atoms with E-state index in [1.165, 1.54) is 18.6 Å². The van der Waals surface area contributed by atoms with Crippen LogP contribution in [0.2, 0.25) is 0 Å². The zero-order valence-corrected chi connectivity index (χ0v) is 11.8. The van der Waals surface area contributed by atoms with Gasteiger partial charge in [-0.3, -0.25) is 0 Å². The first-order chi connectivity index (χ1) is 9.29. The van der Waals surface area contributed by atoms with Crippen LogP contribution in [0.1, 0.15) is 36.5 Å². The van der Waals surface area contributed by atoms with Crippen LogP contribution in [0.3, 0.4) is 0 Å². The fourth-order valence-electron chi connectivity index (χ4n) is 2.24. The van der Waals surface area contributed by atoms with Crippen LogP contribution in [0.25, 0.3) is 11.1 Å². The van der Waals surface area contributed by atoms with Crippen molar-refractivity contribution in [3.63, 3.8) is 0 Å². The molecule has 0 saturated carbocycles. The van der Waals surface area contributed by atoms with Crippen molar-refractivity contribution >= 4 is 0 Å². The Balaban J connectivity index is 2.44. The van der Waals surface area contributed by atoms with Crippen LogP contribution in [0.4, 0.5) is 13.2 Å². The molecule has 106 valence electrons. The maximum Gasteiger partial charge on any atom is 0.416 e. The zero-order valence-electron chi connectivity index (χ0n) is 11.8. The molecule has 0 bridgehead atoms. The lowest BCUT2D eigenvalue weighted by Gasteiger charge is -2.13. The third kappa shape index (κ3) is 3.03. The number of aryl methyl sites for hydroxylation is 1. The van der Waals surface area contributed by atoms with Gasteiger partial charge < -0.3 is 0 Å². The van der Waals surface area contributed by atoms with Gasteiger partial charge in [-0.2, -0.15) is 13.2 Å². The summed E-state index contributed by atoms with van der Waals surface area (Å²) in [6.07, 6.45) is -4.29. The Hall–Kier alpha value is -1.77. The van der Waals surface area contributed by atoms with Gasteiger partial charge in [0.15, 0.2) is 0 Å². The molecule has 2 rings (SSSR count). The van der Waals surface area contributed by atoms with Gasteiger partial charge in [-0.25, -0.2) is 0 Å². The molecule has 0 atom stereocenters. The number of hydrogen-bond acceptors (Lipinski definition) is 0. The van der Waals surface area contributed by atoms with Gasteiger partial charge in [0.1, 0.15) is 0 Å². The van der Waals surface area contributed by atoms with E-state index in [0.29, 0.717) is 5.92 Å². The van der Waals surface area contributed by atoms with E-state index in [1.54, 1.807) is 6.07 Å². The first-order valence-electron chi connectivity index (χ1n) is 6.57. The lowest BCUT2D eigenvalue weighted by molar-refractivity contribution is -0.138. The van der Waals surface area contributed by atoms with Crippen LogP contribution < -0.4 is 0 Å². The second kappa shape index (κ2) is 5.31. The van der Waals surface area contributed by atoms with Gasteiger partial charge in [0.25, 0.3) is 0 Å². The molecule has 2 aromatic carbocycles. The van der Waals surface area contributed by atoms with E-state index < -0.39 is 11.7 Å². The molecule has 0 aliphatic carbocycles. The van der Waals surface area contributed by atoms with Crippen molar-refractivity contribution in [2.24, 2.45) is 0 Å². The molecular formula is C17H17F3. The molecule has 20 heavy (non-hydrogen) atoms. The molecule has 0 radical (unpaired) electrons. The van der Waals surface area contributed by atoms with Crippen molar-refractivity contribution in [3.8, 4) is 11.1 Å². The number of hydrogen-bond donors (Lipinski definition) is 0. The van der Waals surface area contributed by atoms with E-state index in [2.05, 4.69) is 13.8 Å². The van der Waals surface area contributed by atoms with Crippen LogP contribution in [-0.4, -0.2) is 0 Å². The minimum absolute atomic E-state index is 0.255. The quantitative estimate of drug-likeness (QED) is 0.650. The van der Waals surface area contributed by atoms with Crippen LogP contribution >= 0.6 is 0 Å². The van der Waals surface area contributed by atoms with E-state index in [1.807, 2.05) is 24.3 Å². The van der Waals surface area contributed by atoms with Gasteiger partial charge in [0.05, 0.1) is 5.56 Å². The summed E-state index contributed by atoms with van der Waals surface area (Å²) in [5, 5.41) is 0. The maximum atomic E-state index is 12.8. The zero-order chi connectivity index (χ0) is 14.9. The minimum atomic E-state index is -4.29. The Morgan fingerprint density at radius 1 is 0.900 bits per heavy atom. The lowest BCUT2D eigenvalue weighted by Crippen LogP contribution is -2.07. The molecule has 0 unspecified atom stereocenters. The minimum Gasteiger partial charge on any atom is -0.166 e. The predicted molar refractivity (Wildman–Crippen MR) is 75.7 cm³/mol. The van der Waals surface area contributed by atoms with Gasteiger partial charge in [-0.15, -0.1) is 0 Å². The lowest BCUT2D eigenvalue weighted by atomic mass is 9.95. The highest BCUT2D eigenvalue weighted by Crippen LogP contribution is 2.34. The summed E-state index contributed by atoms with van der Waals surface area (Å²) in [4.78, 5) is 0. The number of rotatable bonds is 2. The molecular weight excluding hydrogens is 261 g/mol. The first-order valence-corrected chi connectivity index (χ1v) is 6.57. The highest BCUT2D eigenvalue weighted by atomic mass is 19.4. The van der Waals surface area contributed by atoms with E-state index in [4.69, 9.17) is 0 Å². The van der Waals surface area contributed by atoms with Gasteiger partial charge in [-0.05, 0) is 41.2 Å². The fraction of sp³-hybridized carbons (Fsp3) is 0.294. The summed E-state index contributed by atoms with van der Waals surface area (Å²) in [6, 6.07) is 12.2. The Kier molecular flexibility index (Phi) is 3.89. The van der Waals surface area contributed by atoms with E-state index in [0.717, 1.165) is 17.2 Å². The Labute approximate surface area is 117 Å². The molecule has 0 nitrogen and oxygen atoms in total. The van der Waals surface area contributed by atoms with Crippen LogP contribution in [0.5, 0.6) is 0 Å². The standard InChI is InChI=1S/C17H17F3/c1-11(2)13-5-4-6-14(10-13)15-7-8-16(12(3)9-15)17(18,19)20/h4-11H,1-3H3. The summed E-state index contributed by atoms with van der Waals surface area (Å²) in [7, 11) is 0. The Morgan fingerprint density at radius 3 is 2.10 bits per heavy atom. The van der Waals surface area contributed by atoms with Gasteiger partial charge >= 0.3 is 6.18 Å². The van der Waals surface area contributed by atoms with Crippen molar-refractivity contribution in [2.75, 3.05) is 0 Å². The average molecular weight is 278 g/mol. The molecule has 0 fully saturated rings. The average Bonchev–Trinajstić information content (AvgIpc) is 2.37. The van der Waals surface area contributed by atoms with Gasteiger partial charge in [-0.1, -0.05) is 50.2 Å². The Bertz CT molecular complexity index is 610. The second-order valence-corrected chi connectivity index (χ2v) is 5.31. The number of alkyl halides is 3. The summed E-state index contributed by atoms with van der Waals surface area (Å²) in [6.45, 7) is 5.69. The Morgan fingerprint density at radius 2 is 1.55 bits per heavy atom. The molecule has 0 saturated heterocycles. The van der Waals surface area contributed by atoms with Gasteiger partial charge in [0, 0.05) is 0 Å². The molecule has 0 N–H and O–H groups in total. The third-order valence-electron chi connectivity index (χ3n) is 3.42. The SMILES string of the molecule is Cc1cc(-c2cccc(C(C)C)c2)ccc1C(F)(F)F. The molecule has 0 aliphatic rings. The summed E-state index contributed by atoms with van der Waals surface area (Å²) in [5.41, 5.74) is 2.64. The topological polar surface area (TPSA) is 0 Å². The summed E-state index contributed by atoms with van der Waals surface area (Å²) in [5.74, 6) is 0.394. The van der Waals surface area contributed by atoms with Crippen molar-refractivity contribution in [3.05, 3.63) is 59.2 Å². The third-order valence-corrected chi connectivity index (χ3v) is 3.42. The maximum absolute atomic E-state index is 12.8. The smallest absolute Gasteiger partial charge is 0.166 e. The predicted octanol–water partition coefficient (Wildman–Crippen LogP) is 5.80. The normalized spacial score (nSPS) is 11.9. The van der Waals surface area contributed by atoms with E-state index >= 15 is 0 Å². The molecule has 3 heteroatoms. The second-order valence-electron chi connectivity index (χ2n) is 5.31. The molecule has 0 amide bonds. The number of benzene rings is 2. The van der Waals surface area contributed by atoms with Crippen LogP contribution in [0, 0.1) is 6.92 Å². The van der Waals surface area contributed by atoms with Crippen molar-refractivity contribution in [1.29, 1.82) is 0 Å². The fourth-order valence-corrected chi connectivity index (χ4v) is 2.24. The monoisotopic (exact) mass is 278 g/mol. The van der Waals surface area contributed by atoms with Crippen molar-refractivity contribution in [2.45, 2.75) is 32.9 Å². The largest absolute Gasteiger partial charge is 0.416 e. The van der Waals surface area contributed by atoms with E-state index in [9.17, 15) is 13.2 Å². The van der Waals surface area contributed by atoms with E-state index in [-0.39, 0.29) is 5.56 Å². The molecule has 0 aliphatic heterocycles. The number of halogens is 3. The molecule has 0 spiro atoms. The molecule has 0 heterocycles. The van der Waals surface area contributed by atoms with Crippen molar-refractivity contribution in [1.82, 2.24) is 0 Å². The molecule has 0 aromatic heterocycles. The van der Waals surface area contributed by atoms with Crippen LogP contribution in [0.15, 0.2) is 42.5 Å². The highest BCUT2D eigenvalue weighted by Gasteiger charge is 2.32. The van der Waals surface area contributed by atoms with Crippen molar-refractivity contribution < 1.29 is 13.2 Å². The highest BCUT2D eigenvalue weighted by molar-refractivity contribution is 5.66. The van der Waals surface area contributed by atoms with Crippen LogP contribution in [-0.2, 0) is 6.18 Å². The first kappa shape index (κ1) is 14.6. The summed E-state index contributed by atoms with van der Waals surface area (Å²) < 4.78 is 38.3.